The van der Waals surface area contributed by atoms with Gasteiger partial charge in [0.2, 0.25) is 6.54 Å². The maximum Gasteiger partial charge on any atom is 0.244 e. The molecule has 0 aromatic heterocycles. The summed E-state index contributed by atoms with van der Waals surface area (Å²) in [5, 5.41) is 0.515. The third-order valence-electron chi connectivity index (χ3n) is 2.40. The van der Waals surface area contributed by atoms with E-state index in [1.54, 1.807) is 6.07 Å². The zero-order chi connectivity index (χ0) is 11.0. The maximum absolute atomic E-state index is 6.83. The Labute approximate surface area is 101 Å². The number of hydrogen-bond acceptors (Lipinski definition) is 2. The number of nitrogens with two attached hydrogens (primary N) is 1. The summed E-state index contributed by atoms with van der Waals surface area (Å²) in [6.45, 7) is 7.64. The topological polar surface area (TPSA) is 39.6 Å². The number of nitrogens with zero attached hydrogens (tertiary/aromatic N) is 1. The normalized spacial score (nSPS) is 18.6. The molecule has 1 aromatic carbocycles. The molecule has 0 saturated carbocycles. The van der Waals surface area contributed by atoms with E-state index in [9.17, 15) is 0 Å². The number of rotatable bonds is 1. The molecule has 0 spiro atoms. The molecule has 0 aliphatic carbocycles. The molecule has 0 fully saturated rings. The van der Waals surface area contributed by atoms with E-state index in [0.717, 1.165) is 15.6 Å². The van der Waals surface area contributed by atoms with Gasteiger partial charge in [0.25, 0.3) is 0 Å². The number of halogens is 2. The van der Waals surface area contributed by atoms with Crippen molar-refractivity contribution in [3.8, 4) is 0 Å². The molecule has 1 heterocycles. The molecular weight excluding hydrogens is 279 g/mol. The van der Waals surface area contributed by atoms with Crippen LogP contribution in [0, 0.1) is 6.57 Å². The van der Waals surface area contributed by atoms with Crippen LogP contribution in [0.25, 0.3) is 4.85 Å². The van der Waals surface area contributed by atoms with Crippen molar-refractivity contribution in [2.45, 2.75) is 12.7 Å². The van der Waals surface area contributed by atoms with E-state index in [-0.39, 0.29) is 6.10 Å². The Hall–Kier alpha value is -0.760. The first-order valence-corrected chi connectivity index (χ1v) is 5.53. The van der Waals surface area contributed by atoms with Crippen LogP contribution in [0.5, 0.6) is 0 Å². The van der Waals surface area contributed by atoms with Gasteiger partial charge in [-0.3, -0.25) is 0 Å². The van der Waals surface area contributed by atoms with Crippen LogP contribution >= 0.6 is 27.5 Å². The fourth-order valence-corrected chi connectivity index (χ4v) is 2.39. The van der Waals surface area contributed by atoms with E-state index >= 15 is 0 Å². The van der Waals surface area contributed by atoms with Gasteiger partial charge in [-0.1, -0.05) is 11.6 Å². The van der Waals surface area contributed by atoms with Crippen molar-refractivity contribution in [2.24, 2.45) is 0 Å². The highest BCUT2D eigenvalue weighted by atomic mass is 79.9. The van der Waals surface area contributed by atoms with Crippen LogP contribution in [0.3, 0.4) is 0 Å². The molecular formula is C10H8BrClN2O. The van der Waals surface area contributed by atoms with Gasteiger partial charge in [0.05, 0.1) is 17.3 Å². The Morgan fingerprint density at radius 3 is 3.13 bits per heavy atom. The second-order valence-corrected chi connectivity index (χ2v) is 4.47. The number of nitrogen functional groups attached to an aromatic ring is 1. The van der Waals surface area contributed by atoms with Gasteiger partial charge in [-0.15, -0.1) is 0 Å². The van der Waals surface area contributed by atoms with Crippen molar-refractivity contribution < 1.29 is 4.74 Å². The molecule has 3 nitrogen and oxygen atoms in total. The largest absolute Gasteiger partial charge is 0.397 e. The molecule has 1 unspecified atom stereocenters. The van der Waals surface area contributed by atoms with E-state index in [4.69, 9.17) is 28.6 Å². The molecule has 2 rings (SSSR count). The highest BCUT2D eigenvalue weighted by molar-refractivity contribution is 9.10. The zero-order valence-corrected chi connectivity index (χ0v) is 10.1. The molecule has 1 atom stereocenters. The Kier molecular flexibility index (Phi) is 2.87. The summed E-state index contributed by atoms with van der Waals surface area (Å²) in [4.78, 5) is 3.33. The van der Waals surface area contributed by atoms with Gasteiger partial charge in [0.15, 0.2) is 6.10 Å². The van der Waals surface area contributed by atoms with Gasteiger partial charge < -0.3 is 15.3 Å². The van der Waals surface area contributed by atoms with E-state index < -0.39 is 0 Å². The van der Waals surface area contributed by atoms with Crippen molar-refractivity contribution in [3.63, 3.8) is 0 Å². The van der Waals surface area contributed by atoms with Gasteiger partial charge in [0, 0.05) is 4.47 Å². The summed E-state index contributed by atoms with van der Waals surface area (Å²) in [5.41, 5.74) is 8.25. The van der Waals surface area contributed by atoms with Crippen molar-refractivity contribution in [3.05, 3.63) is 38.1 Å². The number of hydrogen-bond donors (Lipinski definition) is 1. The van der Waals surface area contributed by atoms with Crippen molar-refractivity contribution >= 4 is 33.2 Å². The molecule has 5 heteroatoms. The number of fused-ring (bicyclic) bond motifs is 1. The summed E-state index contributed by atoms with van der Waals surface area (Å²) in [6, 6.07) is 1.80. The first-order valence-electron chi connectivity index (χ1n) is 4.36. The third kappa shape index (κ3) is 1.71. The second kappa shape index (κ2) is 4.01. The van der Waals surface area contributed by atoms with Crippen molar-refractivity contribution in [1.82, 2.24) is 0 Å². The van der Waals surface area contributed by atoms with Gasteiger partial charge in [-0.05, 0) is 33.1 Å². The Balaban J connectivity index is 2.52. The van der Waals surface area contributed by atoms with E-state index in [0.29, 0.717) is 23.9 Å². The quantitative estimate of drug-likeness (QED) is 0.636. The Morgan fingerprint density at radius 2 is 2.47 bits per heavy atom. The third-order valence-corrected chi connectivity index (χ3v) is 3.91. The van der Waals surface area contributed by atoms with E-state index in [2.05, 4.69) is 20.8 Å². The average Bonchev–Trinajstić information content (AvgIpc) is 2.59. The van der Waals surface area contributed by atoms with Crippen LogP contribution in [-0.2, 0) is 11.3 Å². The molecule has 0 bridgehead atoms. The van der Waals surface area contributed by atoms with E-state index in [1.807, 2.05) is 0 Å². The van der Waals surface area contributed by atoms with Crippen molar-refractivity contribution in [2.75, 3.05) is 12.3 Å². The number of ether oxygens (including phenoxy) is 1. The lowest BCUT2D eigenvalue weighted by atomic mass is 10.0. The summed E-state index contributed by atoms with van der Waals surface area (Å²) < 4.78 is 6.28. The molecule has 1 aromatic rings. The predicted octanol–water partition coefficient (Wildman–Crippen LogP) is 3.18. The molecule has 1 aliphatic heterocycles. The standard InChI is InChI=1S/C10H8BrClN2O/c1-14-3-8-5-2-7(13)10(12)9(11)6(5)4-15-8/h2,8H,3-4,13H2. The number of benzene rings is 1. The molecule has 15 heavy (non-hydrogen) atoms. The van der Waals surface area contributed by atoms with Crippen molar-refractivity contribution in [1.29, 1.82) is 0 Å². The minimum Gasteiger partial charge on any atom is -0.397 e. The van der Waals surface area contributed by atoms with E-state index in [1.165, 1.54) is 0 Å². The highest BCUT2D eigenvalue weighted by Crippen LogP contribution is 2.41. The fourth-order valence-electron chi connectivity index (χ4n) is 1.65. The van der Waals surface area contributed by atoms with Crippen LogP contribution in [-0.4, -0.2) is 6.54 Å². The first-order chi connectivity index (χ1) is 7.15. The summed E-state index contributed by atoms with van der Waals surface area (Å²) in [6.07, 6.45) is -0.173. The fraction of sp³-hybridized carbons (Fsp3) is 0.300. The average molecular weight is 288 g/mol. The molecule has 1 aliphatic rings. The van der Waals surface area contributed by atoms with Crippen LogP contribution in [0.4, 0.5) is 5.69 Å². The predicted molar refractivity (Wildman–Crippen MR) is 62.6 cm³/mol. The van der Waals surface area contributed by atoms with Crippen LogP contribution in [0.15, 0.2) is 10.5 Å². The lowest BCUT2D eigenvalue weighted by molar-refractivity contribution is 0.0773. The van der Waals surface area contributed by atoms with Crippen LogP contribution in [0.2, 0.25) is 5.02 Å². The summed E-state index contributed by atoms with van der Waals surface area (Å²) >= 11 is 9.39. The van der Waals surface area contributed by atoms with Gasteiger partial charge in [-0.2, -0.15) is 0 Å². The summed E-state index contributed by atoms with van der Waals surface area (Å²) in [7, 11) is 0. The Bertz CT molecular complexity index is 456. The molecule has 0 radical (unpaired) electrons. The highest BCUT2D eigenvalue weighted by Gasteiger charge is 2.29. The minimum atomic E-state index is -0.173. The SMILES string of the molecule is [C-]#[N+]CC1OCc2c1cc(N)c(Cl)c2Br. The maximum atomic E-state index is 6.83. The van der Waals surface area contributed by atoms with Crippen LogP contribution < -0.4 is 5.73 Å². The van der Waals surface area contributed by atoms with Crippen LogP contribution in [0.1, 0.15) is 17.2 Å². The minimum absolute atomic E-state index is 0.173. The lowest BCUT2D eigenvalue weighted by Gasteiger charge is -2.08. The smallest absolute Gasteiger partial charge is 0.244 e. The first kappa shape index (κ1) is 10.7. The number of anilines is 1. The molecule has 0 saturated heterocycles. The molecule has 78 valence electrons. The second-order valence-electron chi connectivity index (χ2n) is 3.30. The zero-order valence-electron chi connectivity index (χ0n) is 7.76. The Morgan fingerprint density at radius 1 is 1.73 bits per heavy atom. The molecule has 0 amide bonds. The van der Waals surface area contributed by atoms with Gasteiger partial charge in [-0.25, -0.2) is 6.57 Å². The van der Waals surface area contributed by atoms with Gasteiger partial charge >= 0.3 is 0 Å². The molecule has 2 N–H and O–H groups in total. The van der Waals surface area contributed by atoms with Gasteiger partial charge in [0.1, 0.15) is 0 Å². The summed E-state index contributed by atoms with van der Waals surface area (Å²) in [5.74, 6) is 0. The lowest BCUT2D eigenvalue weighted by Crippen LogP contribution is -2.00. The monoisotopic (exact) mass is 286 g/mol.